The van der Waals surface area contributed by atoms with Crippen molar-refractivity contribution in [3.05, 3.63) is 71.8 Å². The maximum absolute atomic E-state index is 12.1. The van der Waals surface area contributed by atoms with E-state index in [2.05, 4.69) is 10.6 Å². The number of nitrogens with one attached hydrogen (secondary N) is 2. The summed E-state index contributed by atoms with van der Waals surface area (Å²) in [5.74, 6) is -0.212. The lowest BCUT2D eigenvalue weighted by atomic mass is 9.91. The first-order valence-electron chi connectivity index (χ1n) is 8.68. The zero-order valence-corrected chi connectivity index (χ0v) is 15.5. The van der Waals surface area contributed by atoms with Gasteiger partial charge in [0.15, 0.2) is 0 Å². The van der Waals surface area contributed by atoms with Gasteiger partial charge in [0.2, 0.25) is 5.91 Å². The second-order valence-corrected chi connectivity index (χ2v) is 7.03. The van der Waals surface area contributed by atoms with E-state index in [-0.39, 0.29) is 18.4 Å². The summed E-state index contributed by atoms with van der Waals surface area (Å²) in [4.78, 5) is 23.7. The molecule has 5 nitrogen and oxygen atoms in total. The summed E-state index contributed by atoms with van der Waals surface area (Å²) < 4.78 is 5.12. The molecular formula is C21H26N2O3. The minimum absolute atomic E-state index is 0.0443. The molecule has 0 aliphatic rings. The highest BCUT2D eigenvalue weighted by Gasteiger charge is 2.18. The van der Waals surface area contributed by atoms with E-state index in [4.69, 9.17) is 4.74 Å². The van der Waals surface area contributed by atoms with E-state index in [0.717, 1.165) is 11.1 Å². The van der Waals surface area contributed by atoms with Crippen molar-refractivity contribution in [3.8, 4) is 0 Å². The van der Waals surface area contributed by atoms with Crippen molar-refractivity contribution in [2.24, 2.45) is 0 Å². The largest absolute Gasteiger partial charge is 0.444 e. The van der Waals surface area contributed by atoms with E-state index >= 15 is 0 Å². The van der Waals surface area contributed by atoms with Gasteiger partial charge >= 0.3 is 6.09 Å². The fraction of sp³-hybridized carbons (Fsp3) is 0.333. The molecule has 0 radical (unpaired) electrons. The number of alkyl carbamates (subject to hydrolysis) is 1. The Morgan fingerprint density at radius 1 is 0.885 bits per heavy atom. The van der Waals surface area contributed by atoms with Crippen LogP contribution in [0.2, 0.25) is 0 Å². The van der Waals surface area contributed by atoms with Crippen LogP contribution >= 0.6 is 0 Å². The molecule has 0 saturated carbocycles. The summed E-state index contributed by atoms with van der Waals surface area (Å²) >= 11 is 0. The average Bonchev–Trinajstić information content (AvgIpc) is 2.60. The van der Waals surface area contributed by atoms with Crippen molar-refractivity contribution in [3.63, 3.8) is 0 Å². The molecule has 0 aromatic heterocycles. The third-order valence-electron chi connectivity index (χ3n) is 3.70. The number of hydrogen-bond acceptors (Lipinski definition) is 3. The Morgan fingerprint density at radius 3 is 1.85 bits per heavy atom. The summed E-state index contributed by atoms with van der Waals surface area (Å²) in [7, 11) is 0. The molecule has 0 unspecified atom stereocenters. The molecular weight excluding hydrogens is 328 g/mol. The van der Waals surface area contributed by atoms with E-state index in [1.165, 1.54) is 0 Å². The molecule has 2 aromatic carbocycles. The number of ether oxygens (including phenoxy) is 1. The number of amides is 2. The second kappa shape index (κ2) is 9.04. The molecule has 2 amide bonds. The van der Waals surface area contributed by atoms with Gasteiger partial charge in [-0.2, -0.15) is 0 Å². The van der Waals surface area contributed by atoms with Gasteiger partial charge in [0, 0.05) is 12.5 Å². The Labute approximate surface area is 154 Å². The van der Waals surface area contributed by atoms with E-state index in [1.807, 2.05) is 60.7 Å². The van der Waals surface area contributed by atoms with Gasteiger partial charge in [0.1, 0.15) is 5.60 Å². The Balaban J connectivity index is 1.93. The van der Waals surface area contributed by atoms with Crippen LogP contribution in [-0.2, 0) is 9.53 Å². The third-order valence-corrected chi connectivity index (χ3v) is 3.70. The van der Waals surface area contributed by atoms with Gasteiger partial charge in [-0.15, -0.1) is 0 Å². The van der Waals surface area contributed by atoms with Gasteiger partial charge in [-0.1, -0.05) is 60.7 Å². The Kier molecular flexibility index (Phi) is 6.78. The zero-order valence-electron chi connectivity index (χ0n) is 15.5. The molecule has 0 atom stereocenters. The SMILES string of the molecule is CC(C)(C)OC(=O)NCC(=O)NCC(c1ccccc1)c1ccccc1. The molecule has 0 aliphatic heterocycles. The van der Waals surface area contributed by atoms with Crippen molar-refractivity contribution in [1.82, 2.24) is 10.6 Å². The van der Waals surface area contributed by atoms with Crippen LogP contribution in [0.15, 0.2) is 60.7 Å². The Hall–Kier alpha value is -2.82. The van der Waals surface area contributed by atoms with E-state index < -0.39 is 11.7 Å². The fourth-order valence-electron chi connectivity index (χ4n) is 2.54. The smallest absolute Gasteiger partial charge is 0.408 e. The molecule has 0 fully saturated rings. The predicted molar refractivity (Wildman–Crippen MR) is 102 cm³/mol. The van der Waals surface area contributed by atoms with E-state index in [9.17, 15) is 9.59 Å². The molecule has 0 saturated heterocycles. The van der Waals surface area contributed by atoms with Gasteiger partial charge < -0.3 is 15.4 Å². The number of carbonyl (C=O) groups is 2. The Bertz CT molecular complexity index is 670. The van der Waals surface area contributed by atoms with Gasteiger partial charge in [0.05, 0.1) is 6.54 Å². The molecule has 0 bridgehead atoms. The molecule has 138 valence electrons. The topological polar surface area (TPSA) is 67.4 Å². The van der Waals surface area contributed by atoms with Gasteiger partial charge in [-0.25, -0.2) is 4.79 Å². The number of rotatable bonds is 6. The first-order valence-corrected chi connectivity index (χ1v) is 8.68. The lowest BCUT2D eigenvalue weighted by Gasteiger charge is -2.20. The highest BCUT2D eigenvalue weighted by Crippen LogP contribution is 2.23. The maximum Gasteiger partial charge on any atom is 0.408 e. The van der Waals surface area contributed by atoms with E-state index in [1.54, 1.807) is 20.8 Å². The first-order chi connectivity index (χ1) is 12.3. The van der Waals surface area contributed by atoms with Crippen LogP contribution < -0.4 is 10.6 Å². The molecule has 0 heterocycles. The van der Waals surface area contributed by atoms with Crippen molar-refractivity contribution >= 4 is 12.0 Å². The van der Waals surface area contributed by atoms with E-state index in [0.29, 0.717) is 6.54 Å². The van der Waals surface area contributed by atoms with Gasteiger partial charge in [-0.05, 0) is 31.9 Å². The summed E-state index contributed by atoms with van der Waals surface area (Å²) in [6.45, 7) is 5.65. The molecule has 2 aromatic rings. The standard InChI is InChI=1S/C21H26N2O3/c1-21(2,3)26-20(25)23-15-19(24)22-14-18(16-10-6-4-7-11-16)17-12-8-5-9-13-17/h4-13,18H,14-15H2,1-3H3,(H,22,24)(H,23,25). The number of benzene rings is 2. The number of carbonyl (C=O) groups excluding carboxylic acids is 2. The van der Waals surface area contributed by atoms with Crippen LogP contribution in [0, 0.1) is 0 Å². The summed E-state index contributed by atoms with van der Waals surface area (Å²) in [6, 6.07) is 20.0. The fourth-order valence-corrected chi connectivity index (χ4v) is 2.54. The third kappa shape index (κ3) is 6.59. The normalized spacial score (nSPS) is 11.1. The van der Waals surface area contributed by atoms with Crippen LogP contribution in [-0.4, -0.2) is 30.7 Å². The summed E-state index contributed by atoms with van der Waals surface area (Å²) in [5, 5.41) is 5.36. The van der Waals surface area contributed by atoms with Gasteiger partial charge in [0.25, 0.3) is 0 Å². The highest BCUT2D eigenvalue weighted by molar-refractivity contribution is 5.82. The van der Waals surface area contributed by atoms with Crippen LogP contribution in [0.4, 0.5) is 4.79 Å². The lowest BCUT2D eigenvalue weighted by Crippen LogP contribution is -2.40. The van der Waals surface area contributed by atoms with Crippen LogP contribution in [0.3, 0.4) is 0 Å². The number of hydrogen-bond donors (Lipinski definition) is 2. The van der Waals surface area contributed by atoms with Crippen molar-refractivity contribution in [2.45, 2.75) is 32.3 Å². The maximum atomic E-state index is 12.1. The second-order valence-electron chi connectivity index (χ2n) is 7.03. The monoisotopic (exact) mass is 354 g/mol. The first kappa shape index (κ1) is 19.5. The van der Waals surface area contributed by atoms with Crippen molar-refractivity contribution < 1.29 is 14.3 Å². The minimum Gasteiger partial charge on any atom is -0.444 e. The molecule has 5 heteroatoms. The quantitative estimate of drug-likeness (QED) is 0.835. The average molecular weight is 354 g/mol. The molecule has 26 heavy (non-hydrogen) atoms. The van der Waals surface area contributed by atoms with Crippen molar-refractivity contribution in [1.29, 1.82) is 0 Å². The van der Waals surface area contributed by atoms with Crippen LogP contribution in [0.25, 0.3) is 0 Å². The lowest BCUT2D eigenvalue weighted by molar-refractivity contribution is -0.120. The summed E-state index contributed by atoms with van der Waals surface area (Å²) in [6.07, 6.45) is -0.602. The summed E-state index contributed by atoms with van der Waals surface area (Å²) in [5.41, 5.74) is 1.66. The molecule has 0 aliphatic carbocycles. The minimum atomic E-state index is -0.602. The molecule has 2 N–H and O–H groups in total. The van der Waals surface area contributed by atoms with Crippen LogP contribution in [0.1, 0.15) is 37.8 Å². The van der Waals surface area contributed by atoms with Crippen LogP contribution in [0.5, 0.6) is 0 Å². The zero-order chi connectivity index (χ0) is 19.0. The predicted octanol–water partition coefficient (Wildman–Crippen LogP) is 3.46. The van der Waals surface area contributed by atoms with Crippen molar-refractivity contribution in [2.75, 3.05) is 13.1 Å². The highest BCUT2D eigenvalue weighted by atomic mass is 16.6. The molecule has 2 rings (SSSR count). The Morgan fingerprint density at radius 2 is 1.38 bits per heavy atom. The molecule has 0 spiro atoms. The van der Waals surface area contributed by atoms with Gasteiger partial charge in [-0.3, -0.25) is 4.79 Å².